The summed E-state index contributed by atoms with van der Waals surface area (Å²) in [7, 11) is 1.89. The molecule has 4 nitrogen and oxygen atoms in total. The molecule has 1 fully saturated rings. The largest absolute Gasteiger partial charge is 0.480 e. The average molecular weight is 229 g/mol. The predicted octanol–water partition coefficient (Wildman–Crippen LogP) is 1.74. The molecule has 4 heteroatoms. The molecule has 16 heavy (non-hydrogen) atoms. The van der Waals surface area contributed by atoms with Crippen molar-refractivity contribution in [3.05, 3.63) is 0 Å². The lowest BCUT2D eigenvalue weighted by atomic mass is 9.89. The monoisotopic (exact) mass is 229 g/mol. The molecule has 94 valence electrons. The summed E-state index contributed by atoms with van der Waals surface area (Å²) in [6, 6.07) is -0.117. The Balaban J connectivity index is 2.63. The van der Waals surface area contributed by atoms with Gasteiger partial charge in [-0.3, -0.25) is 9.69 Å². The second kappa shape index (κ2) is 5.15. The van der Waals surface area contributed by atoms with Gasteiger partial charge in [0.1, 0.15) is 6.04 Å². The Bertz CT molecular complexity index is 257. The third-order valence-corrected chi connectivity index (χ3v) is 3.86. The number of aliphatic carboxylic acids is 1. The predicted molar refractivity (Wildman–Crippen MR) is 62.5 cm³/mol. The molecule has 0 radical (unpaired) electrons. The van der Waals surface area contributed by atoms with E-state index in [0.717, 1.165) is 25.9 Å². The number of hydrogen-bond acceptors (Lipinski definition) is 3. The molecular formula is C12H23NO3. The molecule has 3 unspecified atom stereocenters. The van der Waals surface area contributed by atoms with Gasteiger partial charge < -0.3 is 9.84 Å². The van der Waals surface area contributed by atoms with E-state index >= 15 is 0 Å². The Morgan fingerprint density at radius 2 is 2.31 bits per heavy atom. The minimum atomic E-state index is -0.757. The molecular weight excluding hydrogens is 206 g/mol. The molecule has 0 bridgehead atoms. The molecule has 0 amide bonds. The zero-order valence-electron chi connectivity index (χ0n) is 10.7. The zero-order valence-corrected chi connectivity index (χ0v) is 10.7. The number of ether oxygens (including phenoxy) is 1. The van der Waals surface area contributed by atoms with Crippen molar-refractivity contribution in [2.24, 2.45) is 0 Å². The molecule has 1 aliphatic heterocycles. The maximum absolute atomic E-state index is 10.9. The van der Waals surface area contributed by atoms with Crippen LogP contribution in [0.25, 0.3) is 0 Å². The lowest BCUT2D eigenvalue weighted by molar-refractivity contribution is -0.146. The van der Waals surface area contributed by atoms with Crippen molar-refractivity contribution in [2.75, 3.05) is 13.7 Å². The summed E-state index contributed by atoms with van der Waals surface area (Å²) in [5.41, 5.74) is -0.0879. The van der Waals surface area contributed by atoms with Crippen molar-refractivity contribution < 1.29 is 14.6 Å². The molecule has 0 aromatic carbocycles. The second-order valence-electron chi connectivity index (χ2n) is 4.98. The highest BCUT2D eigenvalue weighted by Crippen LogP contribution is 2.30. The van der Waals surface area contributed by atoms with Crippen LogP contribution in [-0.2, 0) is 9.53 Å². The highest BCUT2D eigenvalue weighted by Gasteiger charge is 2.35. The molecule has 0 spiro atoms. The maximum atomic E-state index is 10.9. The third-order valence-electron chi connectivity index (χ3n) is 3.86. The van der Waals surface area contributed by atoms with Crippen LogP contribution >= 0.6 is 0 Å². The van der Waals surface area contributed by atoms with Crippen molar-refractivity contribution in [3.8, 4) is 0 Å². The standard InChI is InChI=1S/C12H23NO3/c1-5-12(3)8-10(6-7-16-12)13(4)9(2)11(14)15/h9-10H,5-8H2,1-4H3,(H,14,15). The first-order valence-electron chi connectivity index (χ1n) is 5.98. The highest BCUT2D eigenvalue weighted by molar-refractivity contribution is 5.72. The highest BCUT2D eigenvalue weighted by atomic mass is 16.5. The molecule has 1 heterocycles. The van der Waals surface area contributed by atoms with E-state index in [1.165, 1.54) is 0 Å². The van der Waals surface area contributed by atoms with Gasteiger partial charge in [-0.2, -0.15) is 0 Å². The smallest absolute Gasteiger partial charge is 0.320 e. The number of carbonyl (C=O) groups is 1. The molecule has 1 aliphatic rings. The van der Waals surface area contributed by atoms with Gasteiger partial charge in [-0.25, -0.2) is 0 Å². The van der Waals surface area contributed by atoms with E-state index in [1.807, 2.05) is 11.9 Å². The van der Waals surface area contributed by atoms with Gasteiger partial charge in [0.2, 0.25) is 0 Å². The number of carboxylic acids is 1. The van der Waals surface area contributed by atoms with E-state index < -0.39 is 12.0 Å². The van der Waals surface area contributed by atoms with Crippen LogP contribution in [0.5, 0.6) is 0 Å². The van der Waals surface area contributed by atoms with Crippen molar-refractivity contribution in [2.45, 2.75) is 57.7 Å². The number of carboxylic acid groups (broad SMARTS) is 1. The number of nitrogens with zero attached hydrogens (tertiary/aromatic N) is 1. The van der Waals surface area contributed by atoms with Gasteiger partial charge in [-0.15, -0.1) is 0 Å². The van der Waals surface area contributed by atoms with Crippen LogP contribution < -0.4 is 0 Å². The fourth-order valence-electron chi connectivity index (χ4n) is 2.19. The first-order valence-corrected chi connectivity index (χ1v) is 5.98. The summed E-state index contributed by atoms with van der Waals surface area (Å²) in [5.74, 6) is -0.757. The van der Waals surface area contributed by atoms with Gasteiger partial charge >= 0.3 is 5.97 Å². The van der Waals surface area contributed by atoms with Gasteiger partial charge in [-0.1, -0.05) is 6.92 Å². The molecule has 3 atom stereocenters. The Morgan fingerprint density at radius 1 is 1.69 bits per heavy atom. The van der Waals surface area contributed by atoms with Gasteiger partial charge in [-0.05, 0) is 40.2 Å². The van der Waals surface area contributed by atoms with Gasteiger partial charge in [0.05, 0.1) is 5.60 Å². The Hall–Kier alpha value is -0.610. The number of likely N-dealkylation sites (N-methyl/N-ethyl adjacent to an activating group) is 1. The van der Waals surface area contributed by atoms with Crippen molar-refractivity contribution in [1.29, 1.82) is 0 Å². The fourth-order valence-corrected chi connectivity index (χ4v) is 2.19. The van der Waals surface area contributed by atoms with Crippen molar-refractivity contribution in [3.63, 3.8) is 0 Å². The first-order chi connectivity index (χ1) is 7.39. The summed E-state index contributed by atoms with van der Waals surface area (Å²) in [4.78, 5) is 12.9. The van der Waals surface area contributed by atoms with Crippen LogP contribution in [0.4, 0.5) is 0 Å². The molecule has 0 aromatic rings. The molecule has 1 N–H and O–H groups in total. The number of hydrogen-bond donors (Lipinski definition) is 1. The van der Waals surface area contributed by atoms with E-state index in [2.05, 4.69) is 13.8 Å². The van der Waals surface area contributed by atoms with Gasteiger partial charge in [0.15, 0.2) is 0 Å². The molecule has 0 aliphatic carbocycles. The van der Waals surface area contributed by atoms with Crippen LogP contribution in [-0.4, -0.2) is 47.3 Å². The second-order valence-corrected chi connectivity index (χ2v) is 4.98. The Labute approximate surface area is 97.6 Å². The van der Waals surface area contributed by atoms with Crippen molar-refractivity contribution >= 4 is 5.97 Å². The van der Waals surface area contributed by atoms with Crippen LogP contribution in [0.2, 0.25) is 0 Å². The van der Waals surface area contributed by atoms with Crippen LogP contribution in [0.15, 0.2) is 0 Å². The topological polar surface area (TPSA) is 49.8 Å². The summed E-state index contributed by atoms with van der Waals surface area (Å²) < 4.78 is 5.76. The summed E-state index contributed by atoms with van der Waals surface area (Å²) in [5, 5.41) is 9.00. The number of rotatable bonds is 4. The quantitative estimate of drug-likeness (QED) is 0.797. The third kappa shape index (κ3) is 2.95. The van der Waals surface area contributed by atoms with Crippen LogP contribution in [0, 0.1) is 0 Å². The van der Waals surface area contributed by atoms with E-state index in [9.17, 15) is 4.79 Å². The molecule has 1 rings (SSSR count). The van der Waals surface area contributed by atoms with E-state index in [4.69, 9.17) is 9.84 Å². The lowest BCUT2D eigenvalue weighted by Gasteiger charge is -2.42. The fraction of sp³-hybridized carbons (Fsp3) is 0.917. The summed E-state index contributed by atoms with van der Waals surface area (Å²) >= 11 is 0. The zero-order chi connectivity index (χ0) is 12.3. The van der Waals surface area contributed by atoms with Gasteiger partial charge in [0, 0.05) is 12.6 Å². The Kier molecular flexibility index (Phi) is 4.33. The Morgan fingerprint density at radius 3 is 2.81 bits per heavy atom. The van der Waals surface area contributed by atoms with E-state index in [1.54, 1.807) is 6.92 Å². The molecule has 0 saturated carbocycles. The first kappa shape index (κ1) is 13.5. The molecule has 0 aromatic heterocycles. The normalized spacial score (nSPS) is 32.7. The SMILES string of the molecule is CCC1(C)CC(N(C)C(C)C(=O)O)CCO1. The van der Waals surface area contributed by atoms with Crippen LogP contribution in [0.3, 0.4) is 0 Å². The van der Waals surface area contributed by atoms with E-state index in [0.29, 0.717) is 6.04 Å². The minimum absolute atomic E-state index is 0.0879. The van der Waals surface area contributed by atoms with Crippen LogP contribution in [0.1, 0.15) is 40.0 Å². The average Bonchev–Trinajstić information content (AvgIpc) is 2.27. The maximum Gasteiger partial charge on any atom is 0.320 e. The molecule has 1 saturated heterocycles. The minimum Gasteiger partial charge on any atom is -0.480 e. The van der Waals surface area contributed by atoms with E-state index in [-0.39, 0.29) is 5.60 Å². The lowest BCUT2D eigenvalue weighted by Crippen LogP contribution is -2.50. The van der Waals surface area contributed by atoms with Gasteiger partial charge in [0.25, 0.3) is 0 Å². The summed E-state index contributed by atoms with van der Waals surface area (Å²) in [6.45, 7) is 6.69. The summed E-state index contributed by atoms with van der Waals surface area (Å²) in [6.07, 6.45) is 2.81. The van der Waals surface area contributed by atoms with Crippen molar-refractivity contribution in [1.82, 2.24) is 4.90 Å².